The Bertz CT molecular complexity index is 539. The van der Waals surface area contributed by atoms with E-state index in [0.29, 0.717) is 5.92 Å². The van der Waals surface area contributed by atoms with Crippen molar-refractivity contribution in [1.82, 2.24) is 9.88 Å². The number of benzene rings is 1. The second-order valence-corrected chi connectivity index (χ2v) is 5.25. The lowest BCUT2D eigenvalue weighted by atomic mass is 9.98. The fraction of sp³-hybridized carbons (Fsp3) is 0.312. The van der Waals surface area contributed by atoms with Crippen molar-refractivity contribution in [1.29, 1.82) is 0 Å². The van der Waals surface area contributed by atoms with Gasteiger partial charge in [-0.05, 0) is 54.3 Å². The Kier molecular flexibility index (Phi) is 3.47. The molecule has 98 valence electrons. The maximum atomic E-state index is 5.86. The van der Waals surface area contributed by atoms with Crippen molar-refractivity contribution >= 4 is 5.69 Å². The van der Waals surface area contributed by atoms with Gasteiger partial charge in [-0.2, -0.15) is 0 Å². The van der Waals surface area contributed by atoms with Crippen molar-refractivity contribution in [2.24, 2.45) is 0 Å². The van der Waals surface area contributed by atoms with Crippen molar-refractivity contribution < 1.29 is 0 Å². The first-order valence-corrected chi connectivity index (χ1v) is 6.78. The average molecular weight is 253 g/mol. The van der Waals surface area contributed by atoms with Gasteiger partial charge in [-0.25, -0.2) is 0 Å². The van der Waals surface area contributed by atoms with Crippen LogP contribution in [0.4, 0.5) is 5.69 Å². The molecule has 1 fully saturated rings. The molecule has 2 N–H and O–H groups in total. The summed E-state index contributed by atoms with van der Waals surface area (Å²) in [4.78, 5) is 6.56. The zero-order valence-electron chi connectivity index (χ0n) is 11.0. The van der Waals surface area contributed by atoms with Crippen LogP contribution in [0.25, 0.3) is 0 Å². The fourth-order valence-electron chi connectivity index (χ4n) is 2.81. The van der Waals surface area contributed by atoms with E-state index in [2.05, 4.69) is 40.2 Å². The molecule has 0 bridgehead atoms. The summed E-state index contributed by atoms with van der Waals surface area (Å²) in [6.07, 6.45) is 4.94. The van der Waals surface area contributed by atoms with Crippen LogP contribution in [0.15, 0.2) is 48.8 Å². The molecule has 1 saturated heterocycles. The van der Waals surface area contributed by atoms with E-state index in [0.717, 1.165) is 25.3 Å². The normalized spacial score (nSPS) is 19.7. The van der Waals surface area contributed by atoms with E-state index < -0.39 is 0 Å². The summed E-state index contributed by atoms with van der Waals surface area (Å²) in [6.45, 7) is 3.29. The first-order chi connectivity index (χ1) is 9.31. The number of hydrogen-bond donors (Lipinski definition) is 1. The number of hydrogen-bond acceptors (Lipinski definition) is 3. The molecule has 0 aliphatic carbocycles. The van der Waals surface area contributed by atoms with Gasteiger partial charge in [0.1, 0.15) is 0 Å². The summed E-state index contributed by atoms with van der Waals surface area (Å²) in [7, 11) is 0. The minimum Gasteiger partial charge on any atom is -0.399 e. The molecule has 0 spiro atoms. The molecule has 2 heterocycles. The molecule has 1 aliphatic rings. The second kappa shape index (κ2) is 5.41. The largest absolute Gasteiger partial charge is 0.399 e. The molecule has 0 amide bonds. The Balaban J connectivity index is 1.64. The third-order valence-electron chi connectivity index (χ3n) is 3.81. The maximum absolute atomic E-state index is 5.86. The zero-order chi connectivity index (χ0) is 13.1. The van der Waals surface area contributed by atoms with E-state index in [4.69, 9.17) is 5.73 Å². The van der Waals surface area contributed by atoms with Gasteiger partial charge in [0.15, 0.2) is 0 Å². The van der Waals surface area contributed by atoms with Crippen LogP contribution in [0.1, 0.15) is 23.5 Å². The third-order valence-corrected chi connectivity index (χ3v) is 3.81. The Morgan fingerprint density at radius 1 is 1.21 bits per heavy atom. The number of nitrogen functional groups attached to an aromatic ring is 1. The summed E-state index contributed by atoms with van der Waals surface area (Å²) in [6, 6.07) is 12.5. The highest BCUT2D eigenvalue weighted by molar-refractivity contribution is 5.42. The van der Waals surface area contributed by atoms with Crippen LogP contribution in [-0.4, -0.2) is 23.0 Å². The average Bonchev–Trinajstić information content (AvgIpc) is 2.88. The zero-order valence-corrected chi connectivity index (χ0v) is 11.0. The Hall–Kier alpha value is -1.87. The van der Waals surface area contributed by atoms with Crippen molar-refractivity contribution in [3.63, 3.8) is 0 Å². The fourth-order valence-corrected chi connectivity index (χ4v) is 2.81. The molecule has 1 aliphatic heterocycles. The molecule has 1 aromatic heterocycles. The number of likely N-dealkylation sites (tertiary alicyclic amines) is 1. The number of anilines is 1. The molecule has 1 aromatic carbocycles. The monoisotopic (exact) mass is 253 g/mol. The van der Waals surface area contributed by atoms with Gasteiger partial charge in [0.05, 0.1) is 0 Å². The van der Waals surface area contributed by atoms with Gasteiger partial charge in [0.2, 0.25) is 0 Å². The highest BCUT2D eigenvalue weighted by Gasteiger charge is 2.23. The first kappa shape index (κ1) is 12.2. The predicted molar refractivity (Wildman–Crippen MR) is 77.7 cm³/mol. The van der Waals surface area contributed by atoms with Crippen molar-refractivity contribution in [2.45, 2.75) is 18.9 Å². The molecule has 1 unspecified atom stereocenters. The van der Waals surface area contributed by atoms with Gasteiger partial charge in [-0.3, -0.25) is 9.88 Å². The van der Waals surface area contributed by atoms with Crippen LogP contribution in [0.5, 0.6) is 0 Å². The highest BCUT2D eigenvalue weighted by atomic mass is 15.1. The van der Waals surface area contributed by atoms with Gasteiger partial charge in [0, 0.05) is 31.2 Å². The van der Waals surface area contributed by atoms with E-state index in [9.17, 15) is 0 Å². The number of nitrogens with two attached hydrogens (primary N) is 1. The number of nitrogens with zero attached hydrogens (tertiary/aromatic N) is 2. The summed E-state index contributed by atoms with van der Waals surface area (Å²) in [5.74, 6) is 0.616. The molecule has 3 rings (SSSR count). The van der Waals surface area contributed by atoms with Crippen LogP contribution in [0, 0.1) is 0 Å². The lowest BCUT2D eigenvalue weighted by Gasteiger charge is -2.16. The molecular weight excluding hydrogens is 234 g/mol. The summed E-state index contributed by atoms with van der Waals surface area (Å²) >= 11 is 0. The molecule has 0 radical (unpaired) electrons. The minimum absolute atomic E-state index is 0.616. The Morgan fingerprint density at radius 2 is 2.05 bits per heavy atom. The van der Waals surface area contributed by atoms with Gasteiger partial charge in [-0.15, -0.1) is 0 Å². The van der Waals surface area contributed by atoms with Crippen molar-refractivity contribution in [3.8, 4) is 0 Å². The summed E-state index contributed by atoms with van der Waals surface area (Å²) in [5.41, 5.74) is 9.44. The number of pyridine rings is 1. The maximum Gasteiger partial charge on any atom is 0.0316 e. The van der Waals surface area contributed by atoms with Crippen LogP contribution in [0.2, 0.25) is 0 Å². The van der Waals surface area contributed by atoms with Gasteiger partial charge < -0.3 is 5.73 Å². The lowest BCUT2D eigenvalue weighted by Crippen LogP contribution is -2.19. The molecule has 2 aromatic rings. The Morgan fingerprint density at radius 3 is 2.84 bits per heavy atom. The minimum atomic E-state index is 0.616. The predicted octanol–water partition coefficient (Wildman–Crippen LogP) is 2.65. The number of rotatable bonds is 3. The topological polar surface area (TPSA) is 42.1 Å². The standard InChI is InChI=1S/C16H19N3/c17-16-3-1-2-14(10-16)15-6-9-19(12-15)11-13-4-7-18-8-5-13/h1-5,7-8,10,15H,6,9,11-12,17H2. The SMILES string of the molecule is Nc1cccc(C2CCN(Cc3ccncc3)C2)c1. The summed E-state index contributed by atoms with van der Waals surface area (Å²) < 4.78 is 0. The van der Waals surface area contributed by atoms with Crippen LogP contribution in [0.3, 0.4) is 0 Å². The lowest BCUT2D eigenvalue weighted by molar-refractivity contribution is 0.327. The van der Waals surface area contributed by atoms with Crippen molar-refractivity contribution in [2.75, 3.05) is 18.8 Å². The first-order valence-electron chi connectivity index (χ1n) is 6.78. The molecular formula is C16H19N3. The smallest absolute Gasteiger partial charge is 0.0316 e. The number of aromatic nitrogens is 1. The summed E-state index contributed by atoms with van der Waals surface area (Å²) in [5, 5.41) is 0. The van der Waals surface area contributed by atoms with Gasteiger partial charge in [-0.1, -0.05) is 12.1 Å². The molecule has 3 heteroatoms. The quantitative estimate of drug-likeness (QED) is 0.855. The highest BCUT2D eigenvalue weighted by Crippen LogP contribution is 2.28. The van der Waals surface area contributed by atoms with Gasteiger partial charge in [0.25, 0.3) is 0 Å². The Labute approximate surface area is 114 Å². The van der Waals surface area contributed by atoms with E-state index in [1.807, 2.05) is 18.5 Å². The van der Waals surface area contributed by atoms with E-state index >= 15 is 0 Å². The second-order valence-electron chi connectivity index (χ2n) is 5.25. The molecule has 19 heavy (non-hydrogen) atoms. The molecule has 3 nitrogen and oxygen atoms in total. The van der Waals surface area contributed by atoms with E-state index in [1.54, 1.807) is 0 Å². The molecule has 1 atom stereocenters. The molecule has 0 saturated carbocycles. The van der Waals surface area contributed by atoms with E-state index in [-0.39, 0.29) is 0 Å². The van der Waals surface area contributed by atoms with E-state index in [1.165, 1.54) is 17.5 Å². The van der Waals surface area contributed by atoms with Crippen LogP contribution < -0.4 is 5.73 Å². The van der Waals surface area contributed by atoms with Crippen LogP contribution in [-0.2, 0) is 6.54 Å². The van der Waals surface area contributed by atoms with Crippen molar-refractivity contribution in [3.05, 3.63) is 59.9 Å². The van der Waals surface area contributed by atoms with Gasteiger partial charge >= 0.3 is 0 Å². The van der Waals surface area contributed by atoms with Crippen LogP contribution >= 0.6 is 0 Å². The third kappa shape index (κ3) is 2.93.